The van der Waals surface area contributed by atoms with Gasteiger partial charge in [-0.05, 0) is 18.9 Å². The molecule has 1 atom stereocenters. The fourth-order valence-electron chi connectivity index (χ4n) is 2.88. The molecule has 2 aromatic rings. The molecule has 2 aromatic heterocycles. The lowest BCUT2D eigenvalue weighted by atomic mass is 10.1. The Labute approximate surface area is 146 Å². The monoisotopic (exact) mass is 346 g/mol. The van der Waals surface area contributed by atoms with Crippen molar-refractivity contribution in [2.75, 3.05) is 32.2 Å². The molecule has 0 aromatic carbocycles. The van der Waals surface area contributed by atoms with E-state index in [-0.39, 0.29) is 11.9 Å². The Morgan fingerprint density at radius 2 is 2.00 bits per heavy atom. The molecule has 1 unspecified atom stereocenters. The number of aryl methyl sites for hydroxylation is 1. The summed E-state index contributed by atoms with van der Waals surface area (Å²) in [5, 5.41) is 7.09. The number of piperidine rings is 1. The van der Waals surface area contributed by atoms with E-state index in [1.807, 2.05) is 4.90 Å². The second-order valence-corrected chi connectivity index (χ2v) is 5.85. The lowest BCUT2D eigenvalue weighted by Gasteiger charge is -2.33. The predicted molar refractivity (Wildman–Crippen MR) is 91.0 cm³/mol. The molecule has 1 N–H and O–H groups in total. The van der Waals surface area contributed by atoms with E-state index in [4.69, 9.17) is 9.47 Å². The molecule has 0 bridgehead atoms. The predicted octanol–water partition coefficient (Wildman–Crippen LogP) is 0.626. The SMILES string of the molecule is COc1cc(OC)nc(N2CCCC(NC(=O)c3ccnn3C)C2)n1. The number of nitrogens with one attached hydrogen (secondary N) is 1. The zero-order valence-electron chi connectivity index (χ0n) is 14.6. The van der Waals surface area contributed by atoms with Crippen molar-refractivity contribution in [3.05, 3.63) is 24.0 Å². The van der Waals surface area contributed by atoms with Crippen LogP contribution in [0.1, 0.15) is 23.3 Å². The van der Waals surface area contributed by atoms with Gasteiger partial charge in [0.25, 0.3) is 5.91 Å². The molecular weight excluding hydrogens is 324 g/mol. The van der Waals surface area contributed by atoms with Crippen molar-refractivity contribution in [2.45, 2.75) is 18.9 Å². The molecule has 0 aliphatic carbocycles. The molecule has 9 heteroatoms. The highest BCUT2D eigenvalue weighted by Gasteiger charge is 2.25. The van der Waals surface area contributed by atoms with Crippen molar-refractivity contribution in [1.82, 2.24) is 25.1 Å². The van der Waals surface area contributed by atoms with Crippen molar-refractivity contribution in [2.24, 2.45) is 7.05 Å². The Bertz CT molecular complexity index is 725. The number of carbonyl (C=O) groups is 1. The van der Waals surface area contributed by atoms with Crippen LogP contribution in [-0.4, -0.2) is 59.0 Å². The van der Waals surface area contributed by atoms with Gasteiger partial charge in [-0.3, -0.25) is 9.48 Å². The van der Waals surface area contributed by atoms with Crippen molar-refractivity contribution >= 4 is 11.9 Å². The van der Waals surface area contributed by atoms with E-state index in [9.17, 15) is 4.79 Å². The highest BCUT2D eigenvalue weighted by molar-refractivity contribution is 5.92. The second-order valence-electron chi connectivity index (χ2n) is 5.85. The molecule has 0 spiro atoms. The molecule has 1 aliphatic heterocycles. The first-order chi connectivity index (χ1) is 12.1. The van der Waals surface area contributed by atoms with E-state index in [0.29, 0.717) is 29.9 Å². The maximum Gasteiger partial charge on any atom is 0.269 e. The highest BCUT2D eigenvalue weighted by Crippen LogP contribution is 2.23. The minimum atomic E-state index is -0.129. The zero-order chi connectivity index (χ0) is 17.8. The summed E-state index contributed by atoms with van der Waals surface area (Å²) in [4.78, 5) is 23.2. The minimum absolute atomic E-state index is 0.0111. The van der Waals surface area contributed by atoms with Crippen molar-refractivity contribution in [3.63, 3.8) is 0 Å². The maximum absolute atomic E-state index is 12.4. The number of hydrogen-bond donors (Lipinski definition) is 1. The molecule has 25 heavy (non-hydrogen) atoms. The molecule has 3 heterocycles. The number of hydrogen-bond acceptors (Lipinski definition) is 7. The average molecular weight is 346 g/mol. The molecule has 134 valence electrons. The first-order valence-corrected chi connectivity index (χ1v) is 8.11. The fourth-order valence-corrected chi connectivity index (χ4v) is 2.88. The Balaban J connectivity index is 1.71. The number of aromatic nitrogens is 4. The normalized spacial score (nSPS) is 17.2. The number of methoxy groups -OCH3 is 2. The average Bonchev–Trinajstić information content (AvgIpc) is 3.07. The Morgan fingerprint density at radius 1 is 1.28 bits per heavy atom. The van der Waals surface area contributed by atoms with Crippen LogP contribution in [0.15, 0.2) is 18.3 Å². The minimum Gasteiger partial charge on any atom is -0.481 e. The number of rotatable bonds is 5. The third-order valence-electron chi connectivity index (χ3n) is 4.18. The van der Waals surface area contributed by atoms with Crippen LogP contribution in [0.25, 0.3) is 0 Å². The van der Waals surface area contributed by atoms with E-state index in [1.165, 1.54) is 0 Å². The molecule has 1 amide bonds. The first-order valence-electron chi connectivity index (χ1n) is 8.11. The summed E-state index contributed by atoms with van der Waals surface area (Å²) < 4.78 is 12.0. The fraction of sp³-hybridized carbons (Fsp3) is 0.500. The lowest BCUT2D eigenvalue weighted by Crippen LogP contribution is -2.48. The summed E-state index contributed by atoms with van der Waals surface area (Å²) in [6, 6.07) is 3.35. The van der Waals surface area contributed by atoms with Gasteiger partial charge >= 0.3 is 0 Å². The standard InChI is InChI=1S/C16H22N6O3/c1-21-12(6-7-17-21)15(23)18-11-5-4-8-22(10-11)16-19-13(24-2)9-14(20-16)25-3/h6-7,9,11H,4-5,8,10H2,1-3H3,(H,18,23). The number of amides is 1. The molecule has 1 saturated heterocycles. The Morgan fingerprint density at radius 3 is 2.60 bits per heavy atom. The van der Waals surface area contributed by atoms with Crippen molar-refractivity contribution in [3.8, 4) is 11.8 Å². The Hall–Kier alpha value is -2.84. The molecule has 1 aliphatic rings. The van der Waals surface area contributed by atoms with Gasteiger partial charge < -0.3 is 19.7 Å². The summed E-state index contributed by atoms with van der Waals surface area (Å²) in [6.07, 6.45) is 3.44. The third-order valence-corrected chi connectivity index (χ3v) is 4.18. The lowest BCUT2D eigenvalue weighted by molar-refractivity contribution is 0.0923. The van der Waals surface area contributed by atoms with Gasteiger partial charge in [-0.15, -0.1) is 0 Å². The third kappa shape index (κ3) is 3.81. The van der Waals surface area contributed by atoms with Crippen LogP contribution in [0.3, 0.4) is 0 Å². The summed E-state index contributed by atoms with van der Waals surface area (Å²) in [5.74, 6) is 1.30. The first kappa shape index (κ1) is 17.0. The highest BCUT2D eigenvalue weighted by atomic mass is 16.5. The van der Waals surface area contributed by atoms with Gasteiger partial charge in [0.2, 0.25) is 17.7 Å². The van der Waals surface area contributed by atoms with Crippen LogP contribution in [0, 0.1) is 0 Å². The molecular formula is C16H22N6O3. The number of nitrogens with zero attached hydrogens (tertiary/aromatic N) is 5. The topological polar surface area (TPSA) is 94.4 Å². The number of carbonyl (C=O) groups excluding carboxylic acids is 1. The smallest absolute Gasteiger partial charge is 0.269 e. The van der Waals surface area contributed by atoms with E-state index in [1.54, 1.807) is 44.3 Å². The summed E-state index contributed by atoms with van der Waals surface area (Å²) in [5.41, 5.74) is 0.538. The maximum atomic E-state index is 12.4. The second kappa shape index (κ2) is 7.37. The van der Waals surface area contributed by atoms with Gasteiger partial charge in [0, 0.05) is 32.4 Å². The summed E-state index contributed by atoms with van der Waals surface area (Å²) in [6.45, 7) is 1.44. The van der Waals surface area contributed by atoms with Crippen molar-refractivity contribution in [1.29, 1.82) is 0 Å². The quantitative estimate of drug-likeness (QED) is 0.848. The van der Waals surface area contributed by atoms with E-state index >= 15 is 0 Å². The molecule has 9 nitrogen and oxygen atoms in total. The van der Waals surface area contributed by atoms with Crippen molar-refractivity contribution < 1.29 is 14.3 Å². The van der Waals surface area contributed by atoms with Gasteiger partial charge in [0.1, 0.15) is 5.69 Å². The zero-order valence-corrected chi connectivity index (χ0v) is 14.6. The number of ether oxygens (including phenoxy) is 2. The van der Waals surface area contributed by atoms with Crippen LogP contribution in [0.2, 0.25) is 0 Å². The van der Waals surface area contributed by atoms with E-state index in [0.717, 1.165) is 19.4 Å². The van der Waals surface area contributed by atoms with Gasteiger partial charge in [-0.1, -0.05) is 0 Å². The summed E-state index contributed by atoms with van der Waals surface area (Å²) in [7, 11) is 4.86. The van der Waals surface area contributed by atoms with Crippen LogP contribution >= 0.6 is 0 Å². The molecule has 0 radical (unpaired) electrons. The molecule has 0 saturated carbocycles. The van der Waals surface area contributed by atoms with E-state index < -0.39 is 0 Å². The van der Waals surface area contributed by atoms with Crippen LogP contribution in [0.4, 0.5) is 5.95 Å². The Kier molecular flexibility index (Phi) is 5.01. The van der Waals surface area contributed by atoms with Crippen LogP contribution in [-0.2, 0) is 7.05 Å². The van der Waals surface area contributed by atoms with Gasteiger partial charge in [0.15, 0.2) is 0 Å². The number of anilines is 1. The molecule has 3 rings (SSSR count). The van der Waals surface area contributed by atoms with Gasteiger partial charge in [-0.25, -0.2) is 0 Å². The van der Waals surface area contributed by atoms with Crippen LogP contribution < -0.4 is 19.7 Å². The van der Waals surface area contributed by atoms with Gasteiger partial charge in [-0.2, -0.15) is 15.1 Å². The van der Waals surface area contributed by atoms with Gasteiger partial charge in [0.05, 0.1) is 20.3 Å². The van der Waals surface area contributed by atoms with E-state index in [2.05, 4.69) is 20.4 Å². The summed E-state index contributed by atoms with van der Waals surface area (Å²) >= 11 is 0. The largest absolute Gasteiger partial charge is 0.481 e. The molecule has 1 fully saturated rings. The van der Waals surface area contributed by atoms with Crippen LogP contribution in [0.5, 0.6) is 11.8 Å².